The summed E-state index contributed by atoms with van der Waals surface area (Å²) in [6, 6.07) is 7.88. The summed E-state index contributed by atoms with van der Waals surface area (Å²) < 4.78 is 25.5. The zero-order valence-corrected chi connectivity index (χ0v) is 19.3. The number of nitrogens with one attached hydrogen (secondary N) is 1. The van der Waals surface area contributed by atoms with Gasteiger partial charge in [0.1, 0.15) is 30.0 Å². The maximum Gasteiger partial charge on any atom is 0.414 e. The first-order chi connectivity index (χ1) is 16.8. The lowest BCUT2D eigenvalue weighted by molar-refractivity contribution is -0.126. The highest BCUT2D eigenvalue weighted by Gasteiger charge is 2.33. The summed E-state index contributed by atoms with van der Waals surface area (Å²) in [7, 11) is 0. The van der Waals surface area contributed by atoms with Gasteiger partial charge in [-0.25, -0.2) is 9.18 Å². The summed E-state index contributed by atoms with van der Waals surface area (Å²) in [5.41, 5.74) is 0.772. The maximum atomic E-state index is 15.0. The number of piperazine rings is 1. The summed E-state index contributed by atoms with van der Waals surface area (Å²) in [6.07, 6.45) is 1.88. The van der Waals surface area contributed by atoms with Crippen molar-refractivity contribution in [2.24, 2.45) is 0 Å². The molecule has 0 unspecified atom stereocenters. The van der Waals surface area contributed by atoms with Crippen molar-refractivity contribution in [2.45, 2.75) is 19.6 Å². The molecule has 1 aromatic carbocycles. The molecule has 2 aliphatic rings. The monoisotopic (exact) mass is 486 g/mol. The molecule has 10 nitrogen and oxygen atoms in total. The molecule has 0 radical (unpaired) electrons. The van der Waals surface area contributed by atoms with Crippen molar-refractivity contribution in [1.82, 2.24) is 10.2 Å². The summed E-state index contributed by atoms with van der Waals surface area (Å²) in [4.78, 5) is 40.6. The number of carbonyl (C=O) groups is 3. The van der Waals surface area contributed by atoms with Gasteiger partial charge in [-0.2, -0.15) is 0 Å². The molecule has 3 heterocycles. The van der Waals surface area contributed by atoms with Gasteiger partial charge in [0, 0.05) is 39.2 Å². The third-order valence-electron chi connectivity index (χ3n) is 5.86. The van der Waals surface area contributed by atoms with E-state index in [-0.39, 0.29) is 31.5 Å². The highest BCUT2D eigenvalue weighted by Crippen LogP contribution is 2.28. The van der Waals surface area contributed by atoms with Crippen molar-refractivity contribution in [2.75, 3.05) is 49.1 Å². The van der Waals surface area contributed by atoms with Crippen LogP contribution >= 0.6 is 0 Å². The Kier molecular flexibility index (Phi) is 7.35. The highest BCUT2D eigenvalue weighted by atomic mass is 19.1. The predicted octanol–water partition coefficient (Wildman–Crippen LogP) is 1.73. The quantitative estimate of drug-likeness (QED) is 0.573. The summed E-state index contributed by atoms with van der Waals surface area (Å²) in [6.45, 7) is 3.34. The van der Waals surface area contributed by atoms with Crippen LogP contribution in [0.5, 0.6) is 0 Å². The average Bonchev–Trinajstić information content (AvgIpc) is 3.47. The maximum absolute atomic E-state index is 15.0. The number of halogens is 1. The summed E-state index contributed by atoms with van der Waals surface area (Å²) >= 11 is 0. The molecule has 2 N–H and O–H groups in total. The number of furan rings is 1. The number of ether oxygens (including phenoxy) is 1. The first kappa shape index (κ1) is 24.3. The molecule has 1 atom stereocenters. The molecule has 2 saturated heterocycles. The van der Waals surface area contributed by atoms with Crippen LogP contribution in [0.2, 0.25) is 0 Å². The van der Waals surface area contributed by atoms with Crippen molar-refractivity contribution >= 4 is 35.4 Å². The predicted molar refractivity (Wildman–Crippen MR) is 125 cm³/mol. The van der Waals surface area contributed by atoms with E-state index < -0.39 is 18.0 Å². The number of carbonyl (C=O) groups excluding carboxylic acids is 3. The van der Waals surface area contributed by atoms with Gasteiger partial charge in [-0.05, 0) is 36.4 Å². The highest BCUT2D eigenvalue weighted by molar-refractivity contribution is 5.92. The fraction of sp³-hybridized carbons (Fsp3) is 0.375. The van der Waals surface area contributed by atoms with Crippen molar-refractivity contribution in [1.29, 1.82) is 0 Å². The van der Waals surface area contributed by atoms with E-state index >= 15 is 0 Å². The number of nitrogens with zero attached hydrogens (tertiary/aromatic N) is 3. The Morgan fingerprint density at radius 1 is 1.20 bits per heavy atom. The lowest BCUT2D eigenvalue weighted by atomic mass is 10.2. The Bertz CT molecular complexity index is 1120. The van der Waals surface area contributed by atoms with E-state index in [0.717, 1.165) is 0 Å². The normalized spacial score (nSPS) is 18.3. The molecule has 0 saturated carbocycles. The van der Waals surface area contributed by atoms with Crippen LogP contribution in [-0.4, -0.2) is 73.3 Å². The van der Waals surface area contributed by atoms with Gasteiger partial charge in [0.05, 0.1) is 24.5 Å². The number of benzene rings is 1. The van der Waals surface area contributed by atoms with E-state index in [1.807, 2.05) is 4.90 Å². The van der Waals surface area contributed by atoms with Gasteiger partial charge in [0.25, 0.3) is 0 Å². The Morgan fingerprint density at radius 3 is 2.63 bits per heavy atom. The van der Waals surface area contributed by atoms with Gasteiger partial charge in [-0.15, -0.1) is 0 Å². The van der Waals surface area contributed by atoms with E-state index in [9.17, 15) is 18.8 Å². The van der Waals surface area contributed by atoms with Crippen LogP contribution in [0.15, 0.2) is 40.8 Å². The molecule has 4 rings (SSSR count). The Balaban J connectivity index is 1.32. The summed E-state index contributed by atoms with van der Waals surface area (Å²) in [5.74, 6) is 0.0279. The minimum absolute atomic E-state index is 0.177. The van der Waals surface area contributed by atoms with Crippen LogP contribution in [0.1, 0.15) is 18.4 Å². The van der Waals surface area contributed by atoms with Gasteiger partial charge in [-0.1, -0.05) is 0 Å². The van der Waals surface area contributed by atoms with Crippen LogP contribution in [0, 0.1) is 5.82 Å². The van der Waals surface area contributed by atoms with Crippen LogP contribution in [0.25, 0.3) is 6.08 Å². The van der Waals surface area contributed by atoms with Gasteiger partial charge >= 0.3 is 6.09 Å². The van der Waals surface area contributed by atoms with Crippen LogP contribution in [0.4, 0.5) is 20.6 Å². The molecule has 2 aromatic rings. The lowest BCUT2D eigenvalue weighted by Crippen LogP contribution is -2.48. The van der Waals surface area contributed by atoms with Crippen LogP contribution < -0.4 is 15.1 Å². The van der Waals surface area contributed by atoms with E-state index in [1.54, 1.807) is 35.2 Å². The first-order valence-corrected chi connectivity index (χ1v) is 11.3. The number of rotatable bonds is 7. The van der Waals surface area contributed by atoms with Crippen molar-refractivity contribution in [3.8, 4) is 0 Å². The fourth-order valence-electron chi connectivity index (χ4n) is 4.01. The summed E-state index contributed by atoms with van der Waals surface area (Å²) in [5, 5.41) is 11.6. The molecule has 1 aromatic heterocycles. The van der Waals surface area contributed by atoms with Crippen LogP contribution in [0.3, 0.4) is 0 Å². The molecular weight excluding hydrogens is 459 g/mol. The lowest BCUT2D eigenvalue weighted by Gasteiger charge is -2.36. The van der Waals surface area contributed by atoms with Gasteiger partial charge in [-0.3, -0.25) is 14.5 Å². The Morgan fingerprint density at radius 2 is 1.97 bits per heavy atom. The van der Waals surface area contributed by atoms with Gasteiger partial charge in [0.15, 0.2) is 0 Å². The van der Waals surface area contributed by atoms with E-state index in [1.165, 1.54) is 24.0 Å². The van der Waals surface area contributed by atoms with Crippen molar-refractivity contribution < 1.29 is 33.0 Å². The second-order valence-corrected chi connectivity index (χ2v) is 8.30. The second kappa shape index (κ2) is 10.6. The molecule has 186 valence electrons. The molecule has 3 amide bonds. The largest absolute Gasteiger partial charge is 0.459 e. The number of cyclic esters (lactones) is 1. The molecule has 11 heteroatoms. The molecule has 0 spiro atoms. The molecule has 0 bridgehead atoms. The minimum atomic E-state index is -0.588. The first-order valence-electron chi connectivity index (χ1n) is 11.3. The van der Waals surface area contributed by atoms with Gasteiger partial charge in [0.2, 0.25) is 11.8 Å². The van der Waals surface area contributed by atoms with Crippen molar-refractivity contribution in [3.05, 3.63) is 53.7 Å². The van der Waals surface area contributed by atoms with E-state index in [2.05, 4.69) is 5.32 Å². The number of amides is 3. The van der Waals surface area contributed by atoms with Gasteiger partial charge < -0.3 is 29.4 Å². The third kappa shape index (κ3) is 5.80. The number of hydrogen-bond donors (Lipinski definition) is 2. The zero-order valence-electron chi connectivity index (χ0n) is 19.3. The number of aliphatic hydroxyl groups is 1. The number of hydrogen-bond acceptors (Lipinski definition) is 7. The van der Waals surface area contributed by atoms with Crippen LogP contribution in [-0.2, 0) is 20.9 Å². The fourth-order valence-corrected chi connectivity index (χ4v) is 4.01. The zero-order chi connectivity index (χ0) is 24.9. The molecule has 2 fully saturated rings. The number of aliphatic hydroxyl groups excluding tert-OH is 1. The second-order valence-electron chi connectivity index (χ2n) is 8.30. The molecule has 2 aliphatic heterocycles. The third-order valence-corrected chi connectivity index (χ3v) is 5.86. The smallest absolute Gasteiger partial charge is 0.414 e. The molecule has 35 heavy (non-hydrogen) atoms. The Labute approximate surface area is 201 Å². The van der Waals surface area contributed by atoms with E-state index in [0.29, 0.717) is 49.1 Å². The average molecular weight is 487 g/mol. The van der Waals surface area contributed by atoms with E-state index in [4.69, 9.17) is 14.3 Å². The minimum Gasteiger partial charge on any atom is -0.459 e. The molecular formula is C24H27FN4O6. The van der Waals surface area contributed by atoms with Crippen molar-refractivity contribution in [3.63, 3.8) is 0 Å². The Hall–Kier alpha value is -3.86. The number of anilines is 2. The topological polar surface area (TPSA) is 116 Å². The standard InChI is InChI=1S/C24H27FN4O6/c1-16(31)26-13-20-14-29(24(33)35-20)17-2-6-22(21(25)12-17)27-8-10-28(11-9-27)23(32)7-5-18-3-4-19(15-30)34-18/h2-7,12,20,30H,8-11,13-15H2,1H3,(H,26,31)/t20-/m0/s1. The molecule has 0 aliphatic carbocycles. The SMILES string of the molecule is CC(=O)NC[C@H]1CN(c2ccc(N3CCN(C(=O)C=Cc4ccc(CO)o4)CC3)c(F)c2)C(=O)O1.